The molecule has 1 heterocycles. The number of aromatic nitrogens is 1. The molecule has 0 fully saturated rings. The lowest BCUT2D eigenvalue weighted by Crippen LogP contribution is -2.24. The molecule has 0 atom stereocenters. The zero-order valence-corrected chi connectivity index (χ0v) is 15.9. The van der Waals surface area contributed by atoms with E-state index in [-0.39, 0.29) is 11.4 Å². The van der Waals surface area contributed by atoms with Crippen LogP contribution in [0, 0.1) is 6.92 Å². The van der Waals surface area contributed by atoms with Gasteiger partial charge in [-0.1, -0.05) is 18.2 Å². The molecule has 0 spiro atoms. The average Bonchev–Trinajstić information content (AvgIpc) is 2.67. The van der Waals surface area contributed by atoms with E-state index in [0.717, 1.165) is 5.56 Å². The molecule has 0 amide bonds. The van der Waals surface area contributed by atoms with Crippen molar-refractivity contribution in [3.05, 3.63) is 78.0 Å². The number of hydrogen-bond acceptors (Lipinski definition) is 5. The van der Waals surface area contributed by atoms with Gasteiger partial charge in [-0.25, -0.2) is 18.1 Å². The Bertz CT molecular complexity index is 1020. The highest BCUT2D eigenvalue weighted by atomic mass is 32.2. The summed E-state index contributed by atoms with van der Waals surface area (Å²) in [4.78, 5) is 4.33. The van der Waals surface area contributed by atoms with Crippen LogP contribution >= 0.6 is 0 Å². The van der Waals surface area contributed by atoms with Gasteiger partial charge in [0.05, 0.1) is 12.0 Å². The molecule has 6 nitrogen and oxygen atoms in total. The first-order valence-electron chi connectivity index (χ1n) is 8.30. The maximum Gasteiger partial charge on any atom is 0.241 e. The van der Waals surface area contributed by atoms with Gasteiger partial charge in [-0.15, -0.1) is 0 Å². The van der Waals surface area contributed by atoms with Crippen molar-refractivity contribution in [2.75, 3.05) is 7.11 Å². The Balaban J connectivity index is 1.71. The van der Waals surface area contributed by atoms with Crippen molar-refractivity contribution in [1.82, 2.24) is 9.71 Å². The Morgan fingerprint density at radius 1 is 1.00 bits per heavy atom. The fourth-order valence-electron chi connectivity index (χ4n) is 2.55. The van der Waals surface area contributed by atoms with Crippen molar-refractivity contribution in [1.29, 1.82) is 0 Å². The smallest absolute Gasteiger partial charge is 0.241 e. The summed E-state index contributed by atoms with van der Waals surface area (Å²) in [7, 11) is -2.10. The van der Waals surface area contributed by atoms with E-state index in [1.807, 2.05) is 12.1 Å². The van der Waals surface area contributed by atoms with Crippen LogP contribution in [0.5, 0.6) is 17.4 Å². The maximum absolute atomic E-state index is 12.6. The third-order valence-corrected chi connectivity index (χ3v) is 5.46. The standard InChI is InChI=1S/C20H20N2O4S/c1-15-12-17(25-2)9-10-19(15)27(23,24)22-14-16-6-5-7-18(13-16)26-20-8-3-4-11-21-20/h3-13,22H,14H2,1-2H3. The van der Waals surface area contributed by atoms with Gasteiger partial charge in [0.2, 0.25) is 15.9 Å². The van der Waals surface area contributed by atoms with Crippen molar-refractivity contribution in [3.63, 3.8) is 0 Å². The number of nitrogens with one attached hydrogen (secondary N) is 1. The molecule has 2 aromatic carbocycles. The van der Waals surface area contributed by atoms with Crippen molar-refractivity contribution >= 4 is 10.0 Å². The van der Waals surface area contributed by atoms with Gasteiger partial charge in [0.15, 0.2) is 0 Å². The number of benzene rings is 2. The van der Waals surface area contributed by atoms with Gasteiger partial charge in [-0.2, -0.15) is 0 Å². The second kappa shape index (κ2) is 8.20. The molecule has 140 valence electrons. The first kappa shape index (κ1) is 18.9. The van der Waals surface area contributed by atoms with Crippen molar-refractivity contribution < 1.29 is 17.9 Å². The molecule has 0 radical (unpaired) electrons. The minimum Gasteiger partial charge on any atom is -0.497 e. The lowest BCUT2D eigenvalue weighted by Gasteiger charge is -2.11. The molecule has 7 heteroatoms. The highest BCUT2D eigenvalue weighted by Crippen LogP contribution is 2.22. The summed E-state index contributed by atoms with van der Waals surface area (Å²) in [6, 6.07) is 17.4. The molecular formula is C20H20N2O4S. The fraction of sp³-hybridized carbons (Fsp3) is 0.150. The van der Waals surface area contributed by atoms with Gasteiger partial charge in [-0.05, 0) is 54.4 Å². The minimum absolute atomic E-state index is 0.146. The van der Waals surface area contributed by atoms with Gasteiger partial charge < -0.3 is 9.47 Å². The molecule has 0 saturated heterocycles. The van der Waals surface area contributed by atoms with Crippen LogP contribution in [-0.2, 0) is 16.6 Å². The first-order valence-corrected chi connectivity index (χ1v) is 9.78. The van der Waals surface area contributed by atoms with Crippen molar-refractivity contribution in [2.24, 2.45) is 0 Å². The number of rotatable bonds is 7. The number of aryl methyl sites for hydroxylation is 1. The van der Waals surface area contributed by atoms with Crippen LogP contribution < -0.4 is 14.2 Å². The molecule has 0 aliphatic carbocycles. The van der Waals surface area contributed by atoms with E-state index in [9.17, 15) is 8.42 Å². The van der Waals surface area contributed by atoms with Crippen LogP contribution in [0.1, 0.15) is 11.1 Å². The number of methoxy groups -OCH3 is 1. The Labute approximate surface area is 158 Å². The van der Waals surface area contributed by atoms with E-state index < -0.39 is 10.0 Å². The summed E-state index contributed by atoms with van der Waals surface area (Å²) in [6.07, 6.45) is 1.64. The molecule has 0 bridgehead atoms. The summed E-state index contributed by atoms with van der Waals surface area (Å²) in [5.74, 6) is 1.68. The highest BCUT2D eigenvalue weighted by molar-refractivity contribution is 7.89. The van der Waals surface area contributed by atoms with Gasteiger partial charge in [0.1, 0.15) is 11.5 Å². The van der Waals surface area contributed by atoms with E-state index in [1.165, 1.54) is 6.07 Å². The summed E-state index contributed by atoms with van der Waals surface area (Å²) in [5, 5.41) is 0. The predicted molar refractivity (Wildman–Crippen MR) is 103 cm³/mol. The number of pyridine rings is 1. The largest absolute Gasteiger partial charge is 0.497 e. The lowest BCUT2D eigenvalue weighted by atomic mass is 10.2. The summed E-state index contributed by atoms with van der Waals surface area (Å²) in [6.45, 7) is 1.88. The Kier molecular flexibility index (Phi) is 5.73. The van der Waals surface area contributed by atoms with Crippen LogP contribution in [0.25, 0.3) is 0 Å². The topological polar surface area (TPSA) is 77.5 Å². The fourth-order valence-corrected chi connectivity index (χ4v) is 3.80. The summed E-state index contributed by atoms with van der Waals surface area (Å²) in [5.41, 5.74) is 1.40. The molecule has 3 aromatic rings. The number of ether oxygens (including phenoxy) is 2. The van der Waals surface area contributed by atoms with E-state index in [0.29, 0.717) is 22.9 Å². The van der Waals surface area contributed by atoms with E-state index in [4.69, 9.17) is 9.47 Å². The van der Waals surface area contributed by atoms with Gasteiger partial charge in [0, 0.05) is 18.8 Å². The first-order chi connectivity index (χ1) is 13.0. The lowest BCUT2D eigenvalue weighted by molar-refractivity contribution is 0.414. The Hall–Kier alpha value is -2.90. The van der Waals surface area contributed by atoms with Crippen LogP contribution in [0.4, 0.5) is 0 Å². The zero-order valence-electron chi connectivity index (χ0n) is 15.0. The third kappa shape index (κ3) is 4.84. The monoisotopic (exact) mass is 384 g/mol. The molecular weight excluding hydrogens is 364 g/mol. The second-order valence-electron chi connectivity index (χ2n) is 5.87. The van der Waals surface area contributed by atoms with Crippen molar-refractivity contribution in [3.8, 4) is 17.4 Å². The number of hydrogen-bond donors (Lipinski definition) is 1. The summed E-state index contributed by atoms with van der Waals surface area (Å²) < 4.78 is 38.6. The van der Waals surface area contributed by atoms with E-state index in [1.54, 1.807) is 62.7 Å². The quantitative estimate of drug-likeness (QED) is 0.672. The third-order valence-electron chi connectivity index (χ3n) is 3.90. The molecule has 0 unspecified atom stereocenters. The normalized spacial score (nSPS) is 11.2. The van der Waals surface area contributed by atoms with Crippen LogP contribution in [0.15, 0.2) is 71.8 Å². The van der Waals surface area contributed by atoms with Crippen LogP contribution in [0.2, 0.25) is 0 Å². The average molecular weight is 384 g/mol. The molecule has 0 saturated carbocycles. The minimum atomic E-state index is -3.64. The predicted octanol–water partition coefficient (Wildman–Crippen LogP) is 3.67. The second-order valence-corrected chi connectivity index (χ2v) is 7.61. The van der Waals surface area contributed by atoms with E-state index in [2.05, 4.69) is 9.71 Å². The van der Waals surface area contributed by atoms with Crippen molar-refractivity contribution in [2.45, 2.75) is 18.4 Å². The molecule has 1 aromatic heterocycles. The molecule has 3 rings (SSSR count). The van der Waals surface area contributed by atoms with Crippen LogP contribution in [0.3, 0.4) is 0 Å². The number of sulfonamides is 1. The van der Waals surface area contributed by atoms with E-state index >= 15 is 0 Å². The molecule has 0 aliphatic rings. The highest BCUT2D eigenvalue weighted by Gasteiger charge is 2.17. The van der Waals surface area contributed by atoms with Gasteiger partial charge in [-0.3, -0.25) is 0 Å². The number of nitrogens with zero attached hydrogens (tertiary/aromatic N) is 1. The molecule has 0 aliphatic heterocycles. The van der Waals surface area contributed by atoms with Crippen LogP contribution in [-0.4, -0.2) is 20.5 Å². The molecule has 27 heavy (non-hydrogen) atoms. The summed E-state index contributed by atoms with van der Waals surface area (Å²) >= 11 is 0. The Morgan fingerprint density at radius 2 is 1.85 bits per heavy atom. The SMILES string of the molecule is COc1ccc(S(=O)(=O)NCc2cccc(Oc3ccccn3)c2)c(C)c1. The zero-order chi connectivity index (χ0) is 19.3. The molecule has 1 N–H and O–H groups in total. The van der Waals surface area contributed by atoms with Gasteiger partial charge in [0.25, 0.3) is 0 Å². The van der Waals surface area contributed by atoms with Gasteiger partial charge >= 0.3 is 0 Å². The Morgan fingerprint density at radius 3 is 2.56 bits per heavy atom. The maximum atomic E-state index is 12.6.